The molecular weight excluding hydrogens is 285 g/mol. The maximum atomic E-state index is 14.4. The predicted octanol–water partition coefficient (Wildman–Crippen LogP) is 4.04. The van der Waals surface area contributed by atoms with Gasteiger partial charge in [0.05, 0.1) is 11.2 Å². The van der Waals surface area contributed by atoms with Gasteiger partial charge in [0.15, 0.2) is 5.82 Å². The van der Waals surface area contributed by atoms with Gasteiger partial charge in [-0.1, -0.05) is 13.3 Å². The zero-order valence-corrected chi connectivity index (χ0v) is 12.9. The fourth-order valence-corrected chi connectivity index (χ4v) is 4.26. The second kappa shape index (κ2) is 6.10. The van der Waals surface area contributed by atoms with Gasteiger partial charge in [-0.25, -0.2) is 4.39 Å². The summed E-state index contributed by atoms with van der Waals surface area (Å²) >= 11 is 1.95. The number of halogens is 1. The topological polar surface area (TPSA) is 50.9 Å². The van der Waals surface area contributed by atoms with Gasteiger partial charge in [0.2, 0.25) is 0 Å². The van der Waals surface area contributed by atoms with Crippen LogP contribution in [0.1, 0.15) is 26.2 Å². The Hall–Kier alpha value is -1.49. The summed E-state index contributed by atoms with van der Waals surface area (Å²) in [6.07, 6.45) is 5.14. The average molecular weight is 305 g/mol. The number of thioether (sulfide) groups is 1. The number of fused-ring (bicyclic) bond motifs is 1. The van der Waals surface area contributed by atoms with E-state index in [0.717, 1.165) is 17.6 Å². The molecule has 1 aromatic carbocycles. The van der Waals surface area contributed by atoms with E-state index in [4.69, 9.17) is 5.73 Å². The molecule has 2 unspecified atom stereocenters. The van der Waals surface area contributed by atoms with Gasteiger partial charge in [-0.15, -0.1) is 0 Å². The molecule has 3 rings (SSSR count). The molecular formula is C16H20FN3S. The maximum absolute atomic E-state index is 14.4. The highest BCUT2D eigenvalue weighted by atomic mass is 32.2. The van der Waals surface area contributed by atoms with Crippen LogP contribution in [-0.2, 0) is 0 Å². The SMILES string of the molecule is CCSC1CCCC1Nc1c(F)cc(N)c2cccnc12. The first-order chi connectivity index (χ1) is 10.2. The molecule has 0 aliphatic heterocycles. The van der Waals surface area contributed by atoms with Crippen molar-refractivity contribution in [2.45, 2.75) is 37.5 Å². The van der Waals surface area contributed by atoms with Crippen LogP contribution in [0.4, 0.5) is 15.8 Å². The van der Waals surface area contributed by atoms with E-state index in [9.17, 15) is 4.39 Å². The molecule has 3 nitrogen and oxygen atoms in total. The molecule has 1 aliphatic carbocycles. The van der Waals surface area contributed by atoms with Crippen LogP contribution in [0.5, 0.6) is 0 Å². The van der Waals surface area contributed by atoms with Gasteiger partial charge >= 0.3 is 0 Å². The third-order valence-electron chi connectivity index (χ3n) is 4.04. The molecule has 3 N–H and O–H groups in total. The minimum atomic E-state index is -0.314. The Morgan fingerprint density at radius 2 is 2.33 bits per heavy atom. The van der Waals surface area contributed by atoms with E-state index in [-0.39, 0.29) is 5.82 Å². The van der Waals surface area contributed by atoms with E-state index < -0.39 is 0 Å². The van der Waals surface area contributed by atoms with Crippen LogP contribution in [-0.4, -0.2) is 22.0 Å². The van der Waals surface area contributed by atoms with Crippen molar-refractivity contribution in [1.29, 1.82) is 0 Å². The summed E-state index contributed by atoms with van der Waals surface area (Å²) < 4.78 is 14.4. The molecule has 1 fully saturated rings. The second-order valence-electron chi connectivity index (χ2n) is 5.40. The number of nitrogen functional groups attached to an aromatic ring is 1. The van der Waals surface area contributed by atoms with Crippen LogP contribution in [0.15, 0.2) is 24.4 Å². The molecule has 0 spiro atoms. The van der Waals surface area contributed by atoms with Crippen molar-refractivity contribution in [2.75, 3.05) is 16.8 Å². The Labute approximate surface area is 128 Å². The lowest BCUT2D eigenvalue weighted by Crippen LogP contribution is -2.27. The quantitative estimate of drug-likeness (QED) is 0.837. The number of anilines is 2. The number of hydrogen-bond donors (Lipinski definition) is 2. The molecule has 0 saturated heterocycles. The second-order valence-corrected chi connectivity index (χ2v) is 6.91. The molecule has 1 saturated carbocycles. The first kappa shape index (κ1) is 14.4. The van der Waals surface area contributed by atoms with E-state index in [2.05, 4.69) is 17.2 Å². The van der Waals surface area contributed by atoms with Crippen LogP contribution < -0.4 is 11.1 Å². The van der Waals surface area contributed by atoms with Crippen LogP contribution >= 0.6 is 11.8 Å². The molecule has 1 aliphatic rings. The van der Waals surface area contributed by atoms with E-state index in [0.29, 0.717) is 28.2 Å². The third-order valence-corrected chi connectivity index (χ3v) is 5.37. The lowest BCUT2D eigenvalue weighted by atomic mass is 10.1. The van der Waals surface area contributed by atoms with Crippen molar-refractivity contribution in [3.05, 3.63) is 30.2 Å². The number of nitrogens with one attached hydrogen (secondary N) is 1. The van der Waals surface area contributed by atoms with Crippen LogP contribution in [0.3, 0.4) is 0 Å². The summed E-state index contributed by atoms with van der Waals surface area (Å²) in [4.78, 5) is 4.33. The van der Waals surface area contributed by atoms with Crippen molar-refractivity contribution in [3.63, 3.8) is 0 Å². The maximum Gasteiger partial charge on any atom is 0.150 e. The van der Waals surface area contributed by atoms with E-state index in [1.807, 2.05) is 23.9 Å². The standard InChI is InChI=1S/C16H20FN3S/c1-2-21-14-7-3-6-13(14)20-16-11(17)9-12(18)10-5-4-8-19-15(10)16/h4-5,8-9,13-14,20H,2-3,6-7,18H2,1H3. The molecule has 21 heavy (non-hydrogen) atoms. The van der Waals surface area contributed by atoms with E-state index in [1.54, 1.807) is 6.20 Å². The smallest absolute Gasteiger partial charge is 0.150 e. The molecule has 2 aromatic rings. The van der Waals surface area contributed by atoms with Gasteiger partial charge in [-0.05, 0) is 36.8 Å². The van der Waals surface area contributed by atoms with Crippen molar-refractivity contribution in [1.82, 2.24) is 4.98 Å². The van der Waals surface area contributed by atoms with Crippen LogP contribution in [0, 0.1) is 5.82 Å². The summed E-state index contributed by atoms with van der Waals surface area (Å²) in [6.45, 7) is 2.17. The molecule has 0 radical (unpaired) electrons. The normalized spacial score (nSPS) is 21.8. The average Bonchev–Trinajstić information content (AvgIpc) is 2.91. The Balaban J connectivity index is 1.97. The lowest BCUT2D eigenvalue weighted by Gasteiger charge is -2.22. The number of hydrogen-bond acceptors (Lipinski definition) is 4. The Morgan fingerprint density at radius 1 is 1.48 bits per heavy atom. The Morgan fingerprint density at radius 3 is 3.14 bits per heavy atom. The minimum Gasteiger partial charge on any atom is -0.398 e. The van der Waals surface area contributed by atoms with Gasteiger partial charge < -0.3 is 11.1 Å². The number of benzene rings is 1. The highest BCUT2D eigenvalue weighted by Gasteiger charge is 2.28. The van der Waals surface area contributed by atoms with Crippen molar-refractivity contribution in [2.24, 2.45) is 0 Å². The first-order valence-corrected chi connectivity index (χ1v) is 8.46. The Kier molecular flexibility index (Phi) is 4.19. The summed E-state index contributed by atoms with van der Waals surface area (Å²) in [5, 5.41) is 4.75. The zero-order chi connectivity index (χ0) is 14.8. The number of nitrogens with two attached hydrogens (primary N) is 1. The molecule has 0 amide bonds. The molecule has 2 atom stereocenters. The Bertz CT molecular complexity index is 647. The fraction of sp³-hybridized carbons (Fsp3) is 0.438. The molecule has 0 bridgehead atoms. The third kappa shape index (κ3) is 2.79. The summed E-state index contributed by atoms with van der Waals surface area (Å²) in [5.74, 6) is 0.775. The highest BCUT2D eigenvalue weighted by molar-refractivity contribution is 7.99. The highest BCUT2D eigenvalue weighted by Crippen LogP contribution is 2.35. The van der Waals surface area contributed by atoms with Crippen molar-refractivity contribution < 1.29 is 4.39 Å². The molecule has 1 aromatic heterocycles. The fourth-order valence-electron chi connectivity index (χ4n) is 3.06. The predicted molar refractivity (Wildman–Crippen MR) is 89.3 cm³/mol. The lowest BCUT2D eigenvalue weighted by molar-refractivity contribution is 0.627. The van der Waals surface area contributed by atoms with Gasteiger partial charge in [0.1, 0.15) is 0 Å². The summed E-state index contributed by atoms with van der Waals surface area (Å²) in [5.41, 5.74) is 7.46. The summed E-state index contributed by atoms with van der Waals surface area (Å²) in [7, 11) is 0. The van der Waals surface area contributed by atoms with Crippen molar-refractivity contribution >= 4 is 34.0 Å². The van der Waals surface area contributed by atoms with Crippen LogP contribution in [0.2, 0.25) is 0 Å². The largest absolute Gasteiger partial charge is 0.398 e. The zero-order valence-electron chi connectivity index (χ0n) is 12.1. The number of rotatable bonds is 4. The molecule has 112 valence electrons. The number of pyridine rings is 1. The van der Waals surface area contributed by atoms with Gasteiger partial charge in [-0.3, -0.25) is 4.98 Å². The van der Waals surface area contributed by atoms with E-state index >= 15 is 0 Å². The summed E-state index contributed by atoms with van der Waals surface area (Å²) in [6, 6.07) is 5.41. The minimum absolute atomic E-state index is 0.304. The molecule has 1 heterocycles. The van der Waals surface area contributed by atoms with Gasteiger partial charge in [0.25, 0.3) is 0 Å². The van der Waals surface area contributed by atoms with Crippen molar-refractivity contribution in [3.8, 4) is 0 Å². The molecule has 5 heteroatoms. The van der Waals surface area contributed by atoms with E-state index in [1.165, 1.54) is 18.9 Å². The van der Waals surface area contributed by atoms with Gasteiger partial charge in [-0.2, -0.15) is 11.8 Å². The van der Waals surface area contributed by atoms with Crippen LogP contribution in [0.25, 0.3) is 10.9 Å². The van der Waals surface area contributed by atoms with Gasteiger partial charge in [0, 0.05) is 28.6 Å². The first-order valence-electron chi connectivity index (χ1n) is 7.41. The monoisotopic (exact) mass is 305 g/mol. The number of aromatic nitrogens is 1. The number of nitrogens with zero attached hydrogens (tertiary/aromatic N) is 1.